The van der Waals surface area contributed by atoms with Crippen molar-refractivity contribution in [3.8, 4) is 22.9 Å². The third-order valence-corrected chi connectivity index (χ3v) is 5.63. The summed E-state index contributed by atoms with van der Waals surface area (Å²) in [5.41, 5.74) is 2.19. The number of carbonyl (C=O) groups excluding carboxylic acids is 1. The molecule has 0 fully saturated rings. The number of thiophene rings is 1. The maximum Gasteiger partial charge on any atom is 0.270 e. The maximum atomic E-state index is 11.9. The van der Waals surface area contributed by atoms with Gasteiger partial charge in [-0.2, -0.15) is 5.26 Å². The first kappa shape index (κ1) is 21.7. The lowest BCUT2D eigenvalue weighted by Gasteiger charge is -2.04. The molecular formula is C23H17N5O4S. The molecule has 0 saturated carbocycles. The number of rotatable bonds is 7. The van der Waals surface area contributed by atoms with Crippen LogP contribution in [-0.4, -0.2) is 33.8 Å². The molecule has 0 saturated heterocycles. The number of hydrogen-bond acceptors (Lipinski definition) is 8. The number of H-pyrrole nitrogens is 1. The van der Waals surface area contributed by atoms with Gasteiger partial charge in [0.15, 0.2) is 12.2 Å². The second kappa shape index (κ2) is 9.76. The molecule has 0 spiro atoms. The second-order valence-corrected chi connectivity index (χ2v) is 7.79. The number of nitrogens with zero attached hydrogens (tertiary/aromatic N) is 3. The third-order valence-electron chi connectivity index (χ3n) is 4.74. The molecule has 0 unspecified atom stereocenters. The average molecular weight is 459 g/mol. The van der Waals surface area contributed by atoms with Gasteiger partial charge in [-0.3, -0.25) is 14.6 Å². The predicted octanol–water partition coefficient (Wildman–Crippen LogP) is 2.90. The molecule has 3 N–H and O–H groups in total. The highest BCUT2D eigenvalue weighted by Crippen LogP contribution is 2.38. The van der Waals surface area contributed by atoms with Crippen molar-refractivity contribution in [3.63, 3.8) is 0 Å². The monoisotopic (exact) mass is 459 g/mol. The number of hydrogen-bond donors (Lipinski definition) is 3. The van der Waals surface area contributed by atoms with Gasteiger partial charge < -0.3 is 20.2 Å². The normalized spacial score (nSPS) is 10.9. The van der Waals surface area contributed by atoms with Crippen molar-refractivity contribution in [1.29, 1.82) is 5.26 Å². The molecule has 4 rings (SSSR count). The van der Waals surface area contributed by atoms with E-state index >= 15 is 0 Å². The van der Waals surface area contributed by atoms with Gasteiger partial charge in [-0.15, -0.1) is 11.3 Å². The average Bonchev–Trinajstić information content (AvgIpc) is 3.26. The van der Waals surface area contributed by atoms with E-state index in [1.165, 1.54) is 17.6 Å². The van der Waals surface area contributed by atoms with Crippen LogP contribution in [-0.2, 0) is 16.2 Å². The van der Waals surface area contributed by atoms with Crippen molar-refractivity contribution < 1.29 is 14.7 Å². The Bertz CT molecular complexity index is 1420. The number of fused-ring (bicyclic) bond motifs is 1. The molecule has 0 bridgehead atoms. The van der Waals surface area contributed by atoms with Crippen LogP contribution in [0.4, 0.5) is 0 Å². The zero-order valence-electron chi connectivity index (χ0n) is 17.1. The lowest BCUT2D eigenvalue weighted by Crippen LogP contribution is -2.26. The molecule has 1 aromatic carbocycles. The zero-order chi connectivity index (χ0) is 23.2. The first-order valence-corrected chi connectivity index (χ1v) is 10.6. The molecule has 0 aliphatic carbocycles. The molecule has 4 aromatic rings. The minimum Gasteiger partial charge on any atom is -0.506 e. The number of pyridine rings is 2. The Morgan fingerprint density at radius 1 is 1.33 bits per heavy atom. The van der Waals surface area contributed by atoms with Crippen LogP contribution in [0.2, 0.25) is 0 Å². The minimum atomic E-state index is -0.617. The van der Waals surface area contributed by atoms with E-state index in [2.05, 4.69) is 20.4 Å². The summed E-state index contributed by atoms with van der Waals surface area (Å²) in [4.78, 5) is 35.8. The Morgan fingerprint density at radius 3 is 2.88 bits per heavy atom. The first-order valence-electron chi connectivity index (χ1n) is 9.74. The van der Waals surface area contributed by atoms with E-state index in [0.717, 1.165) is 16.7 Å². The number of carbonyl (C=O) groups is 1. The van der Waals surface area contributed by atoms with Gasteiger partial charge in [0.2, 0.25) is 0 Å². The van der Waals surface area contributed by atoms with Crippen LogP contribution in [0.25, 0.3) is 21.3 Å². The summed E-state index contributed by atoms with van der Waals surface area (Å²) < 4.78 is 0. The summed E-state index contributed by atoms with van der Waals surface area (Å²) in [5, 5.41) is 28.3. The van der Waals surface area contributed by atoms with Gasteiger partial charge in [-0.25, -0.2) is 0 Å². The highest BCUT2D eigenvalue weighted by molar-refractivity contribution is 7.17. The number of benzene rings is 1. The Hall–Kier alpha value is -4.49. The summed E-state index contributed by atoms with van der Waals surface area (Å²) in [7, 11) is 0. The number of nitriles is 1. The SMILES string of the molecule is N#Cc1c(O)c2c(-c3ccc(/C=N/OCC(=O)NCc4cccnc4)cc3)csc2[nH]c1=O. The molecule has 0 radical (unpaired) electrons. The Labute approximate surface area is 191 Å². The van der Waals surface area contributed by atoms with Crippen LogP contribution >= 0.6 is 11.3 Å². The van der Waals surface area contributed by atoms with Crippen molar-refractivity contribution in [2.75, 3.05) is 6.61 Å². The van der Waals surface area contributed by atoms with E-state index in [4.69, 9.17) is 10.1 Å². The Morgan fingerprint density at radius 2 is 2.15 bits per heavy atom. The minimum absolute atomic E-state index is 0.214. The molecule has 0 atom stereocenters. The summed E-state index contributed by atoms with van der Waals surface area (Å²) >= 11 is 1.27. The molecule has 0 aliphatic heterocycles. The van der Waals surface area contributed by atoms with Crippen LogP contribution in [0.3, 0.4) is 0 Å². The van der Waals surface area contributed by atoms with Gasteiger partial charge >= 0.3 is 0 Å². The molecule has 9 nitrogen and oxygen atoms in total. The van der Waals surface area contributed by atoms with E-state index in [-0.39, 0.29) is 23.8 Å². The maximum absolute atomic E-state index is 11.9. The summed E-state index contributed by atoms with van der Waals surface area (Å²) in [5.74, 6) is -0.626. The molecule has 33 heavy (non-hydrogen) atoms. The molecule has 1 amide bonds. The van der Waals surface area contributed by atoms with Gasteiger partial charge in [0.25, 0.3) is 11.5 Å². The van der Waals surface area contributed by atoms with Crippen molar-refractivity contribution >= 4 is 33.7 Å². The van der Waals surface area contributed by atoms with Crippen LogP contribution in [0.15, 0.2) is 64.1 Å². The largest absolute Gasteiger partial charge is 0.506 e. The van der Waals surface area contributed by atoms with Gasteiger partial charge in [-0.1, -0.05) is 35.5 Å². The van der Waals surface area contributed by atoms with E-state index in [1.807, 2.05) is 18.2 Å². The third kappa shape index (κ3) is 4.89. The molecule has 0 aliphatic rings. The molecule has 3 aromatic heterocycles. The van der Waals surface area contributed by atoms with Gasteiger partial charge in [0, 0.05) is 29.9 Å². The summed E-state index contributed by atoms with van der Waals surface area (Å²) in [6.07, 6.45) is 4.81. The van der Waals surface area contributed by atoms with Crippen molar-refractivity contribution in [1.82, 2.24) is 15.3 Å². The summed E-state index contributed by atoms with van der Waals surface area (Å²) in [6.45, 7) is 0.145. The van der Waals surface area contributed by atoms with Gasteiger partial charge in [-0.05, 0) is 22.8 Å². The molecule has 3 heterocycles. The van der Waals surface area contributed by atoms with Crippen LogP contribution in [0, 0.1) is 11.3 Å². The fourth-order valence-corrected chi connectivity index (χ4v) is 4.06. The first-order chi connectivity index (χ1) is 16.1. The number of aromatic nitrogens is 2. The number of amides is 1. The van der Waals surface area contributed by atoms with E-state index < -0.39 is 5.56 Å². The van der Waals surface area contributed by atoms with Gasteiger partial charge in [0.05, 0.1) is 11.6 Å². The zero-order valence-corrected chi connectivity index (χ0v) is 17.9. The predicted molar refractivity (Wildman–Crippen MR) is 124 cm³/mol. The fraction of sp³-hybridized carbons (Fsp3) is 0.0870. The highest BCUT2D eigenvalue weighted by Gasteiger charge is 2.17. The molecule has 164 valence electrons. The quantitative estimate of drug-likeness (QED) is 0.287. The van der Waals surface area contributed by atoms with E-state index in [9.17, 15) is 14.7 Å². The number of oxime groups is 1. The molecular weight excluding hydrogens is 442 g/mol. The van der Waals surface area contributed by atoms with Crippen molar-refractivity contribution in [2.45, 2.75) is 6.54 Å². The Kier molecular flexibility index (Phi) is 6.43. The van der Waals surface area contributed by atoms with Crippen LogP contribution < -0.4 is 10.9 Å². The lowest BCUT2D eigenvalue weighted by molar-refractivity contribution is -0.125. The van der Waals surface area contributed by atoms with Gasteiger partial charge in [0.1, 0.15) is 16.6 Å². The van der Waals surface area contributed by atoms with Crippen molar-refractivity contribution in [3.05, 3.63) is 81.2 Å². The number of aromatic hydroxyl groups is 1. The number of aromatic amines is 1. The van der Waals surface area contributed by atoms with E-state index in [0.29, 0.717) is 22.3 Å². The second-order valence-electron chi connectivity index (χ2n) is 6.91. The van der Waals surface area contributed by atoms with E-state index in [1.54, 1.807) is 42.0 Å². The molecule has 10 heteroatoms. The standard InChI is InChI=1S/C23H17N5O4S/c24-8-17-21(30)20-18(13-33-23(20)28-22(17)31)16-5-3-14(4-6-16)11-27-32-12-19(29)26-10-15-2-1-7-25-9-15/h1-7,9,11,13H,10,12H2,(H,26,29)(H2,28,30,31)/b27-11+. The smallest absolute Gasteiger partial charge is 0.270 e. The fourth-order valence-electron chi connectivity index (χ4n) is 3.10. The summed E-state index contributed by atoms with van der Waals surface area (Å²) in [6, 6.07) is 12.6. The lowest BCUT2D eigenvalue weighted by atomic mass is 10.0. The Balaban J connectivity index is 1.38. The topological polar surface area (TPSA) is 140 Å². The van der Waals surface area contributed by atoms with Crippen LogP contribution in [0.5, 0.6) is 5.75 Å². The number of nitrogens with one attached hydrogen (secondary N) is 2. The van der Waals surface area contributed by atoms with Crippen molar-refractivity contribution in [2.24, 2.45) is 5.16 Å². The van der Waals surface area contributed by atoms with Crippen LogP contribution in [0.1, 0.15) is 16.7 Å². The highest BCUT2D eigenvalue weighted by atomic mass is 32.1.